The molecule has 1 saturated carbocycles. The van der Waals surface area contributed by atoms with Crippen LogP contribution in [-0.2, 0) is 0 Å². The second-order valence-electron chi connectivity index (χ2n) is 5.06. The SMILES string of the molecule is CCCCC(O)C([NH])CC1CCCCC1. The molecule has 2 atom stereocenters. The van der Waals surface area contributed by atoms with Crippen molar-refractivity contribution in [1.82, 2.24) is 5.73 Å². The first-order valence-electron chi connectivity index (χ1n) is 6.63. The normalized spacial score (nSPS) is 22.6. The minimum absolute atomic E-state index is 0.236. The van der Waals surface area contributed by atoms with Gasteiger partial charge in [0.1, 0.15) is 0 Å². The average molecular weight is 212 g/mol. The van der Waals surface area contributed by atoms with E-state index in [9.17, 15) is 5.11 Å². The molecule has 2 unspecified atom stereocenters. The van der Waals surface area contributed by atoms with E-state index in [1.807, 2.05) is 0 Å². The molecule has 15 heavy (non-hydrogen) atoms. The second kappa shape index (κ2) is 7.24. The van der Waals surface area contributed by atoms with Crippen molar-refractivity contribution in [3.05, 3.63) is 0 Å². The molecule has 0 aromatic rings. The zero-order valence-electron chi connectivity index (χ0n) is 10.0. The fourth-order valence-corrected chi connectivity index (χ4v) is 2.55. The lowest BCUT2D eigenvalue weighted by molar-refractivity contribution is 0.113. The van der Waals surface area contributed by atoms with Gasteiger partial charge in [0.25, 0.3) is 0 Å². The summed E-state index contributed by atoms with van der Waals surface area (Å²) in [5.74, 6) is 0.720. The number of aliphatic hydroxyl groups is 1. The highest BCUT2D eigenvalue weighted by molar-refractivity contribution is 4.77. The average Bonchev–Trinajstić information content (AvgIpc) is 2.27. The first-order chi connectivity index (χ1) is 7.24. The molecule has 0 bridgehead atoms. The fourth-order valence-electron chi connectivity index (χ4n) is 2.55. The first-order valence-corrected chi connectivity index (χ1v) is 6.63. The van der Waals surface area contributed by atoms with Crippen LogP contribution in [-0.4, -0.2) is 17.3 Å². The molecule has 0 saturated heterocycles. The van der Waals surface area contributed by atoms with Crippen molar-refractivity contribution in [2.45, 2.75) is 76.9 Å². The number of nitrogens with one attached hydrogen (secondary N) is 1. The summed E-state index contributed by atoms with van der Waals surface area (Å²) in [6, 6.07) is -0.236. The van der Waals surface area contributed by atoms with E-state index in [2.05, 4.69) is 6.92 Å². The number of unbranched alkanes of at least 4 members (excludes halogenated alkanes) is 1. The van der Waals surface area contributed by atoms with Crippen molar-refractivity contribution in [3.63, 3.8) is 0 Å². The van der Waals surface area contributed by atoms with Gasteiger partial charge >= 0.3 is 0 Å². The van der Waals surface area contributed by atoms with Crippen molar-refractivity contribution >= 4 is 0 Å². The molecule has 0 amide bonds. The van der Waals surface area contributed by atoms with Gasteiger partial charge in [0.15, 0.2) is 0 Å². The van der Waals surface area contributed by atoms with Crippen LogP contribution in [0.15, 0.2) is 0 Å². The Morgan fingerprint density at radius 2 is 1.93 bits per heavy atom. The topological polar surface area (TPSA) is 44.0 Å². The van der Waals surface area contributed by atoms with Gasteiger partial charge in [-0.1, -0.05) is 51.9 Å². The predicted octanol–water partition coefficient (Wildman–Crippen LogP) is 3.16. The van der Waals surface area contributed by atoms with Gasteiger partial charge in [-0.15, -0.1) is 0 Å². The minimum Gasteiger partial charge on any atom is -0.391 e. The molecule has 89 valence electrons. The monoisotopic (exact) mass is 212 g/mol. The number of rotatable bonds is 6. The summed E-state index contributed by atoms with van der Waals surface area (Å²) in [7, 11) is 0. The maximum atomic E-state index is 9.79. The summed E-state index contributed by atoms with van der Waals surface area (Å²) < 4.78 is 0. The Bertz CT molecular complexity index is 155. The quantitative estimate of drug-likeness (QED) is 0.722. The van der Waals surface area contributed by atoms with Crippen molar-refractivity contribution in [2.24, 2.45) is 5.92 Å². The third kappa shape index (κ3) is 4.98. The number of aliphatic hydroxyl groups excluding tert-OH is 1. The molecule has 0 spiro atoms. The van der Waals surface area contributed by atoms with Crippen LogP contribution in [0.25, 0.3) is 0 Å². The van der Waals surface area contributed by atoms with Gasteiger partial charge in [-0.3, -0.25) is 5.73 Å². The molecule has 1 rings (SSSR count). The smallest absolute Gasteiger partial charge is 0.0706 e. The lowest BCUT2D eigenvalue weighted by Crippen LogP contribution is -2.30. The van der Waals surface area contributed by atoms with Crippen molar-refractivity contribution < 1.29 is 5.11 Å². The second-order valence-corrected chi connectivity index (χ2v) is 5.06. The van der Waals surface area contributed by atoms with Gasteiger partial charge in [-0.05, 0) is 18.8 Å². The third-order valence-corrected chi connectivity index (χ3v) is 3.63. The van der Waals surface area contributed by atoms with Crippen molar-refractivity contribution in [3.8, 4) is 0 Å². The molecule has 0 aliphatic heterocycles. The van der Waals surface area contributed by atoms with Gasteiger partial charge in [0.2, 0.25) is 0 Å². The van der Waals surface area contributed by atoms with Crippen molar-refractivity contribution in [1.29, 1.82) is 0 Å². The van der Waals surface area contributed by atoms with Gasteiger partial charge < -0.3 is 5.11 Å². The van der Waals surface area contributed by atoms with Gasteiger partial charge in [0.05, 0.1) is 6.10 Å². The molecule has 1 aliphatic rings. The Kier molecular flexibility index (Phi) is 6.26. The minimum atomic E-state index is -0.383. The summed E-state index contributed by atoms with van der Waals surface area (Å²) in [6.07, 6.45) is 10.2. The maximum Gasteiger partial charge on any atom is 0.0706 e. The molecule has 1 radical (unpaired) electrons. The maximum absolute atomic E-state index is 9.79. The molecule has 1 fully saturated rings. The fraction of sp³-hybridized carbons (Fsp3) is 1.00. The number of hydrogen-bond donors (Lipinski definition) is 1. The largest absolute Gasteiger partial charge is 0.391 e. The molecule has 0 aromatic carbocycles. The zero-order chi connectivity index (χ0) is 11.1. The molecule has 0 heterocycles. The van der Waals surface area contributed by atoms with E-state index in [1.165, 1.54) is 32.1 Å². The van der Waals surface area contributed by atoms with Crippen LogP contribution in [0.4, 0.5) is 0 Å². The van der Waals surface area contributed by atoms with Crippen LogP contribution in [0.1, 0.15) is 64.7 Å². The highest BCUT2D eigenvalue weighted by atomic mass is 16.3. The lowest BCUT2D eigenvalue weighted by atomic mass is 9.83. The van der Waals surface area contributed by atoms with E-state index >= 15 is 0 Å². The summed E-state index contributed by atoms with van der Waals surface area (Å²) in [4.78, 5) is 0. The van der Waals surface area contributed by atoms with Crippen LogP contribution in [0.3, 0.4) is 0 Å². The Morgan fingerprint density at radius 1 is 1.27 bits per heavy atom. The van der Waals surface area contributed by atoms with Gasteiger partial charge in [-0.25, -0.2) is 0 Å². The first kappa shape index (κ1) is 13.0. The van der Waals surface area contributed by atoms with E-state index in [0.717, 1.165) is 31.6 Å². The van der Waals surface area contributed by atoms with Crippen LogP contribution < -0.4 is 5.73 Å². The van der Waals surface area contributed by atoms with E-state index in [0.29, 0.717) is 0 Å². The Morgan fingerprint density at radius 3 is 2.53 bits per heavy atom. The van der Waals surface area contributed by atoms with Crippen molar-refractivity contribution in [2.75, 3.05) is 0 Å². The summed E-state index contributed by atoms with van der Waals surface area (Å²) in [5, 5.41) is 9.79. The highest BCUT2D eigenvalue weighted by Gasteiger charge is 2.21. The lowest BCUT2D eigenvalue weighted by Gasteiger charge is -2.26. The van der Waals surface area contributed by atoms with Crippen LogP contribution in [0, 0.1) is 5.92 Å². The van der Waals surface area contributed by atoms with E-state index in [1.54, 1.807) is 0 Å². The zero-order valence-corrected chi connectivity index (χ0v) is 10.0. The summed E-state index contributed by atoms with van der Waals surface area (Å²) in [6.45, 7) is 2.13. The van der Waals surface area contributed by atoms with E-state index in [-0.39, 0.29) is 12.1 Å². The molecule has 2 nitrogen and oxygen atoms in total. The Balaban J connectivity index is 2.17. The molecule has 2 heteroatoms. The van der Waals surface area contributed by atoms with Crippen LogP contribution in [0.2, 0.25) is 0 Å². The summed E-state index contributed by atoms with van der Waals surface area (Å²) >= 11 is 0. The third-order valence-electron chi connectivity index (χ3n) is 3.63. The van der Waals surface area contributed by atoms with E-state index < -0.39 is 0 Å². The van der Waals surface area contributed by atoms with Gasteiger partial charge in [0, 0.05) is 6.04 Å². The standard InChI is InChI=1S/C13H26NO/c1-2-3-9-13(15)12(14)10-11-7-5-4-6-8-11/h11-15H,2-10H2,1H3. The molecular formula is C13H26NO. The van der Waals surface area contributed by atoms with Gasteiger partial charge in [-0.2, -0.15) is 0 Å². The molecule has 2 N–H and O–H groups in total. The molecule has 1 aliphatic carbocycles. The highest BCUT2D eigenvalue weighted by Crippen LogP contribution is 2.28. The van der Waals surface area contributed by atoms with Crippen LogP contribution in [0.5, 0.6) is 0 Å². The molecular weight excluding hydrogens is 186 g/mol. The summed E-state index contributed by atoms with van der Waals surface area (Å²) in [5.41, 5.74) is 7.94. The number of hydrogen-bond acceptors (Lipinski definition) is 1. The Labute approximate surface area is 94.2 Å². The predicted molar refractivity (Wildman–Crippen MR) is 63.6 cm³/mol. The Hall–Kier alpha value is -0.0800. The van der Waals surface area contributed by atoms with Crippen LogP contribution >= 0.6 is 0 Å². The van der Waals surface area contributed by atoms with E-state index in [4.69, 9.17) is 5.73 Å². The molecule has 0 aromatic heterocycles.